The van der Waals surface area contributed by atoms with Crippen LogP contribution in [0.5, 0.6) is 0 Å². The maximum Gasteiger partial charge on any atom is 0.251 e. The van der Waals surface area contributed by atoms with Gasteiger partial charge in [0.25, 0.3) is 5.91 Å². The van der Waals surface area contributed by atoms with Crippen molar-refractivity contribution in [2.45, 2.75) is 24.8 Å². The standard InChI is InChI=1S/C18H17ClN4O4S/c1-10(18-23-22-11(2)27-18)21-17(24)13-6-12(7-15(8-13)28(3,25)26)16-5-4-14(19)9-20-16/h4-10H,1-3H3,(H,21,24)/t10-/m1/s1. The molecule has 0 saturated heterocycles. The number of nitrogens with one attached hydrogen (secondary N) is 1. The Morgan fingerprint density at radius 2 is 1.96 bits per heavy atom. The minimum Gasteiger partial charge on any atom is -0.423 e. The fraction of sp³-hybridized carbons (Fsp3) is 0.222. The molecule has 0 saturated carbocycles. The molecule has 0 aliphatic heterocycles. The number of sulfone groups is 1. The molecule has 0 radical (unpaired) electrons. The molecule has 8 nitrogen and oxygen atoms in total. The average molecular weight is 421 g/mol. The Kier molecular flexibility index (Phi) is 5.48. The van der Waals surface area contributed by atoms with Gasteiger partial charge in [-0.1, -0.05) is 11.6 Å². The predicted molar refractivity (Wildman–Crippen MR) is 103 cm³/mol. The Morgan fingerprint density at radius 3 is 2.54 bits per heavy atom. The van der Waals surface area contributed by atoms with Gasteiger partial charge in [0, 0.05) is 30.5 Å². The summed E-state index contributed by atoms with van der Waals surface area (Å²) in [5.41, 5.74) is 1.13. The number of nitrogens with zero attached hydrogens (tertiary/aromatic N) is 3. The van der Waals surface area contributed by atoms with Crippen LogP contribution in [0.4, 0.5) is 0 Å². The van der Waals surface area contributed by atoms with Gasteiger partial charge in [-0.05, 0) is 37.3 Å². The lowest BCUT2D eigenvalue weighted by molar-refractivity contribution is 0.0933. The van der Waals surface area contributed by atoms with E-state index in [4.69, 9.17) is 16.0 Å². The summed E-state index contributed by atoms with van der Waals surface area (Å²) in [6.45, 7) is 3.33. The molecule has 0 bridgehead atoms. The molecule has 1 atom stereocenters. The van der Waals surface area contributed by atoms with Crippen LogP contribution in [-0.4, -0.2) is 35.8 Å². The highest BCUT2D eigenvalue weighted by atomic mass is 35.5. The van der Waals surface area contributed by atoms with Gasteiger partial charge >= 0.3 is 0 Å². The van der Waals surface area contributed by atoms with Crippen molar-refractivity contribution in [3.63, 3.8) is 0 Å². The summed E-state index contributed by atoms with van der Waals surface area (Å²) < 4.78 is 29.5. The first-order valence-corrected chi connectivity index (χ1v) is 10.5. The second-order valence-corrected chi connectivity index (χ2v) is 8.69. The maximum atomic E-state index is 12.7. The largest absolute Gasteiger partial charge is 0.423 e. The Morgan fingerprint density at radius 1 is 1.21 bits per heavy atom. The Balaban J connectivity index is 1.98. The lowest BCUT2D eigenvalue weighted by Crippen LogP contribution is -2.27. The van der Waals surface area contributed by atoms with E-state index in [1.165, 1.54) is 18.3 Å². The number of amides is 1. The zero-order chi connectivity index (χ0) is 20.5. The Hall–Kier alpha value is -2.78. The normalized spacial score (nSPS) is 12.6. The van der Waals surface area contributed by atoms with Crippen molar-refractivity contribution in [1.29, 1.82) is 0 Å². The third kappa shape index (κ3) is 4.55. The van der Waals surface area contributed by atoms with Crippen LogP contribution >= 0.6 is 11.6 Å². The Labute approximate surface area is 166 Å². The van der Waals surface area contributed by atoms with Crippen molar-refractivity contribution in [2.75, 3.05) is 6.26 Å². The van der Waals surface area contributed by atoms with E-state index in [1.807, 2.05) is 0 Å². The second kappa shape index (κ2) is 7.69. The van der Waals surface area contributed by atoms with Crippen LogP contribution in [0.15, 0.2) is 45.8 Å². The zero-order valence-electron chi connectivity index (χ0n) is 15.3. The fourth-order valence-corrected chi connectivity index (χ4v) is 3.26. The SMILES string of the molecule is Cc1nnc([C@@H](C)NC(=O)c2cc(-c3ccc(Cl)cn3)cc(S(C)(=O)=O)c2)o1. The van der Waals surface area contributed by atoms with E-state index in [0.29, 0.717) is 22.2 Å². The summed E-state index contributed by atoms with van der Waals surface area (Å²) in [5.74, 6) is 0.153. The van der Waals surface area contributed by atoms with Crippen LogP contribution in [-0.2, 0) is 9.84 Å². The van der Waals surface area contributed by atoms with E-state index in [1.54, 1.807) is 32.0 Å². The van der Waals surface area contributed by atoms with E-state index in [-0.39, 0.29) is 16.3 Å². The lowest BCUT2D eigenvalue weighted by Gasteiger charge is -2.12. The highest BCUT2D eigenvalue weighted by Gasteiger charge is 2.19. The average Bonchev–Trinajstić information content (AvgIpc) is 3.08. The van der Waals surface area contributed by atoms with Gasteiger partial charge in [-0.3, -0.25) is 9.78 Å². The topological polar surface area (TPSA) is 115 Å². The molecule has 2 aromatic heterocycles. The van der Waals surface area contributed by atoms with Gasteiger partial charge in [0.15, 0.2) is 9.84 Å². The highest BCUT2D eigenvalue weighted by Crippen LogP contribution is 2.25. The molecule has 0 aliphatic carbocycles. The maximum absolute atomic E-state index is 12.7. The first-order valence-electron chi connectivity index (χ1n) is 8.21. The minimum absolute atomic E-state index is 0.00758. The lowest BCUT2D eigenvalue weighted by atomic mass is 10.1. The van der Waals surface area contributed by atoms with Crippen molar-refractivity contribution in [2.24, 2.45) is 0 Å². The number of rotatable bonds is 5. The molecular formula is C18H17ClN4O4S. The Bertz CT molecular complexity index is 1130. The van der Waals surface area contributed by atoms with Gasteiger partial charge in [-0.25, -0.2) is 8.42 Å². The number of halogens is 1. The van der Waals surface area contributed by atoms with E-state index >= 15 is 0 Å². The number of carbonyl (C=O) groups excluding carboxylic acids is 1. The van der Waals surface area contributed by atoms with Gasteiger partial charge in [-0.2, -0.15) is 0 Å². The van der Waals surface area contributed by atoms with Crippen LogP contribution in [0.25, 0.3) is 11.3 Å². The number of hydrogen-bond acceptors (Lipinski definition) is 7. The highest BCUT2D eigenvalue weighted by molar-refractivity contribution is 7.90. The molecule has 1 amide bonds. The van der Waals surface area contributed by atoms with Crippen LogP contribution < -0.4 is 5.32 Å². The quantitative estimate of drug-likeness (QED) is 0.674. The number of aryl methyl sites for hydroxylation is 1. The first-order chi connectivity index (χ1) is 13.1. The van der Waals surface area contributed by atoms with E-state index < -0.39 is 21.8 Å². The summed E-state index contributed by atoms with van der Waals surface area (Å²) in [6, 6.07) is 7.08. The second-order valence-electron chi connectivity index (χ2n) is 6.23. The number of hydrogen-bond donors (Lipinski definition) is 1. The molecular weight excluding hydrogens is 404 g/mol. The molecule has 10 heteroatoms. The van der Waals surface area contributed by atoms with E-state index in [0.717, 1.165) is 6.26 Å². The summed E-state index contributed by atoms with van der Waals surface area (Å²) in [7, 11) is -3.55. The summed E-state index contributed by atoms with van der Waals surface area (Å²) in [6.07, 6.45) is 2.52. The molecule has 0 unspecified atom stereocenters. The van der Waals surface area contributed by atoms with Crippen LogP contribution in [0.1, 0.15) is 35.1 Å². The third-order valence-corrected chi connectivity index (χ3v) is 5.20. The van der Waals surface area contributed by atoms with Crippen molar-refractivity contribution in [3.8, 4) is 11.3 Å². The predicted octanol–water partition coefficient (Wildman–Crippen LogP) is 2.99. The van der Waals surface area contributed by atoms with Crippen molar-refractivity contribution >= 4 is 27.3 Å². The summed E-state index contributed by atoms with van der Waals surface area (Å²) in [5, 5.41) is 10.8. The number of carbonyl (C=O) groups is 1. The van der Waals surface area contributed by atoms with Crippen molar-refractivity contribution in [1.82, 2.24) is 20.5 Å². The van der Waals surface area contributed by atoms with Crippen LogP contribution in [0, 0.1) is 6.92 Å². The smallest absolute Gasteiger partial charge is 0.251 e. The molecule has 1 N–H and O–H groups in total. The summed E-state index contributed by atoms with van der Waals surface area (Å²) >= 11 is 5.86. The monoisotopic (exact) mass is 420 g/mol. The molecule has 1 aromatic carbocycles. The molecule has 0 fully saturated rings. The fourth-order valence-electron chi connectivity index (χ4n) is 2.47. The molecule has 3 aromatic rings. The molecule has 28 heavy (non-hydrogen) atoms. The number of benzene rings is 1. The van der Waals surface area contributed by atoms with Gasteiger partial charge in [0.05, 0.1) is 15.6 Å². The van der Waals surface area contributed by atoms with E-state index in [9.17, 15) is 13.2 Å². The van der Waals surface area contributed by atoms with Gasteiger partial charge in [0.2, 0.25) is 11.8 Å². The number of pyridine rings is 1. The van der Waals surface area contributed by atoms with Crippen molar-refractivity contribution in [3.05, 3.63) is 58.9 Å². The van der Waals surface area contributed by atoms with Gasteiger partial charge < -0.3 is 9.73 Å². The van der Waals surface area contributed by atoms with E-state index in [2.05, 4.69) is 20.5 Å². The van der Waals surface area contributed by atoms with Gasteiger partial charge in [-0.15, -0.1) is 10.2 Å². The molecule has 2 heterocycles. The summed E-state index contributed by atoms with van der Waals surface area (Å²) in [4.78, 5) is 16.9. The molecule has 0 aliphatic rings. The number of aromatic nitrogens is 3. The zero-order valence-corrected chi connectivity index (χ0v) is 16.9. The third-order valence-electron chi connectivity index (χ3n) is 3.88. The van der Waals surface area contributed by atoms with Crippen LogP contribution in [0.2, 0.25) is 5.02 Å². The minimum atomic E-state index is -3.55. The molecule has 3 rings (SSSR count). The van der Waals surface area contributed by atoms with Crippen LogP contribution in [0.3, 0.4) is 0 Å². The van der Waals surface area contributed by atoms with Gasteiger partial charge in [0.1, 0.15) is 6.04 Å². The molecule has 0 spiro atoms. The first kappa shape index (κ1) is 20.0. The van der Waals surface area contributed by atoms with Crippen molar-refractivity contribution < 1.29 is 17.6 Å². The molecule has 146 valence electrons.